The molecule has 1 N–H and O–H groups in total. The highest BCUT2D eigenvalue weighted by molar-refractivity contribution is 6.20. The van der Waals surface area contributed by atoms with Gasteiger partial charge in [0.2, 0.25) is 0 Å². The van der Waals surface area contributed by atoms with Crippen LogP contribution >= 0.6 is 0 Å². The number of para-hydroxylation sites is 1. The van der Waals surface area contributed by atoms with E-state index in [0.29, 0.717) is 5.75 Å². The summed E-state index contributed by atoms with van der Waals surface area (Å²) in [6, 6.07) is 9.33. The molecule has 0 aliphatic heterocycles. The summed E-state index contributed by atoms with van der Waals surface area (Å²) >= 11 is 0. The second-order valence-electron chi connectivity index (χ2n) is 2.34. The van der Waals surface area contributed by atoms with Crippen molar-refractivity contribution in [1.82, 2.24) is 20.6 Å². The van der Waals surface area contributed by atoms with E-state index in [0.717, 1.165) is 7.69 Å². The van der Waals surface area contributed by atoms with E-state index in [2.05, 4.69) is 20.6 Å². The van der Waals surface area contributed by atoms with Crippen LogP contribution in [0.15, 0.2) is 30.3 Å². The Kier molecular flexibility index (Phi) is 2.60. The van der Waals surface area contributed by atoms with E-state index in [-0.39, 0.29) is 6.01 Å². The van der Waals surface area contributed by atoms with Crippen LogP contribution in [0.5, 0.6) is 11.8 Å². The van der Waals surface area contributed by atoms with Crippen molar-refractivity contribution in [3.63, 3.8) is 0 Å². The number of aromatic nitrogens is 4. The number of tetrazole rings is 1. The first-order valence-corrected chi connectivity index (χ1v) is 3.88. The standard InChI is InChI=1S/C7H6BN4O2/c1-2-4-6(5-3-1)13-8-14-7-9-11-12-10-7/h1-5H,(H,9,10,11,12). The second-order valence-corrected chi connectivity index (χ2v) is 2.34. The normalized spacial score (nSPS) is 9.43. The first-order chi connectivity index (χ1) is 6.95. The third kappa shape index (κ3) is 2.22. The number of rotatable bonds is 4. The number of nitrogens with zero attached hydrogens (tertiary/aromatic N) is 3. The minimum absolute atomic E-state index is 0.112. The van der Waals surface area contributed by atoms with Crippen molar-refractivity contribution in [2.45, 2.75) is 0 Å². The number of nitrogens with one attached hydrogen (secondary N) is 1. The van der Waals surface area contributed by atoms with Gasteiger partial charge in [0.1, 0.15) is 5.75 Å². The van der Waals surface area contributed by atoms with E-state index in [4.69, 9.17) is 9.31 Å². The molecule has 69 valence electrons. The van der Waals surface area contributed by atoms with Crippen LogP contribution in [0.1, 0.15) is 0 Å². The molecule has 1 aromatic heterocycles. The molecule has 0 fully saturated rings. The lowest BCUT2D eigenvalue weighted by Gasteiger charge is -2.01. The van der Waals surface area contributed by atoms with Crippen molar-refractivity contribution >= 4 is 7.69 Å². The van der Waals surface area contributed by atoms with Crippen LogP contribution in [-0.4, -0.2) is 28.3 Å². The van der Waals surface area contributed by atoms with Gasteiger partial charge in [-0.2, -0.15) is 5.21 Å². The average Bonchev–Trinajstić information content (AvgIpc) is 2.72. The van der Waals surface area contributed by atoms with Gasteiger partial charge in [-0.15, -0.1) is 0 Å². The molecule has 0 saturated carbocycles. The van der Waals surface area contributed by atoms with Crippen LogP contribution in [0, 0.1) is 0 Å². The maximum Gasteiger partial charge on any atom is 0.660 e. The zero-order valence-corrected chi connectivity index (χ0v) is 7.12. The fourth-order valence-corrected chi connectivity index (χ4v) is 0.824. The maximum absolute atomic E-state index is 5.11. The third-order valence-corrected chi connectivity index (χ3v) is 1.41. The molecule has 7 heteroatoms. The van der Waals surface area contributed by atoms with Crippen molar-refractivity contribution in [2.75, 3.05) is 0 Å². The van der Waals surface area contributed by atoms with E-state index in [1.807, 2.05) is 18.2 Å². The molecule has 1 heterocycles. The van der Waals surface area contributed by atoms with E-state index < -0.39 is 0 Å². The van der Waals surface area contributed by atoms with Crippen LogP contribution in [0.2, 0.25) is 0 Å². The Bertz CT molecular complexity index is 366. The first kappa shape index (κ1) is 8.55. The van der Waals surface area contributed by atoms with Crippen LogP contribution in [0.25, 0.3) is 0 Å². The zero-order chi connectivity index (χ0) is 9.64. The number of H-pyrrole nitrogens is 1. The predicted molar refractivity (Wildman–Crippen MR) is 47.6 cm³/mol. The Hall–Kier alpha value is -2.05. The molecule has 0 saturated heterocycles. The molecule has 0 atom stereocenters. The van der Waals surface area contributed by atoms with E-state index in [1.54, 1.807) is 12.1 Å². The van der Waals surface area contributed by atoms with E-state index in [9.17, 15) is 0 Å². The summed E-state index contributed by atoms with van der Waals surface area (Å²) in [6.45, 7) is 0. The van der Waals surface area contributed by atoms with Gasteiger partial charge in [-0.05, 0) is 17.3 Å². The molecule has 1 radical (unpaired) electrons. The van der Waals surface area contributed by atoms with Crippen LogP contribution in [0.3, 0.4) is 0 Å². The van der Waals surface area contributed by atoms with Gasteiger partial charge in [-0.25, -0.2) is 0 Å². The van der Waals surface area contributed by atoms with Crippen LogP contribution < -0.4 is 9.31 Å². The molecular weight excluding hydrogens is 183 g/mol. The Labute approximate surface area is 80.5 Å². The van der Waals surface area contributed by atoms with Gasteiger partial charge in [0.25, 0.3) is 0 Å². The van der Waals surface area contributed by atoms with Gasteiger partial charge >= 0.3 is 13.7 Å². The predicted octanol–water partition coefficient (Wildman–Crippen LogP) is 0.192. The fourth-order valence-electron chi connectivity index (χ4n) is 0.824. The summed E-state index contributed by atoms with van der Waals surface area (Å²) in [5, 5.41) is 12.7. The molecular formula is C7H6BN4O2. The molecule has 0 bridgehead atoms. The quantitative estimate of drug-likeness (QED) is 0.695. The fraction of sp³-hybridized carbons (Fsp3) is 0. The van der Waals surface area contributed by atoms with E-state index in [1.165, 1.54) is 0 Å². The van der Waals surface area contributed by atoms with Gasteiger partial charge in [0.15, 0.2) is 0 Å². The lowest BCUT2D eigenvalue weighted by Crippen LogP contribution is -2.11. The van der Waals surface area contributed by atoms with Gasteiger partial charge in [-0.1, -0.05) is 28.4 Å². The third-order valence-electron chi connectivity index (χ3n) is 1.41. The van der Waals surface area contributed by atoms with Crippen molar-refractivity contribution in [2.24, 2.45) is 0 Å². The van der Waals surface area contributed by atoms with E-state index >= 15 is 0 Å². The molecule has 0 aliphatic rings. The Morgan fingerprint density at radius 2 is 2.00 bits per heavy atom. The summed E-state index contributed by atoms with van der Waals surface area (Å²) in [5.41, 5.74) is 0. The molecule has 2 aromatic rings. The van der Waals surface area contributed by atoms with Gasteiger partial charge in [0, 0.05) is 0 Å². The van der Waals surface area contributed by atoms with Crippen LogP contribution in [-0.2, 0) is 0 Å². The lowest BCUT2D eigenvalue weighted by atomic mass is 10.3. The number of benzene rings is 1. The molecule has 0 aliphatic carbocycles. The minimum Gasteiger partial charge on any atom is -0.526 e. The molecule has 1 aromatic carbocycles. The summed E-state index contributed by atoms with van der Waals surface area (Å²) in [6.07, 6.45) is 0. The first-order valence-electron chi connectivity index (χ1n) is 3.88. The van der Waals surface area contributed by atoms with Gasteiger partial charge in [0.05, 0.1) is 0 Å². The Balaban J connectivity index is 1.79. The lowest BCUT2D eigenvalue weighted by molar-refractivity contribution is 0.436. The highest BCUT2D eigenvalue weighted by Gasteiger charge is 2.03. The molecule has 2 rings (SSSR count). The summed E-state index contributed by atoms with van der Waals surface area (Å²) < 4.78 is 10.00. The van der Waals surface area contributed by atoms with Crippen molar-refractivity contribution < 1.29 is 9.31 Å². The molecule has 6 nitrogen and oxygen atoms in total. The maximum atomic E-state index is 5.11. The van der Waals surface area contributed by atoms with Crippen molar-refractivity contribution in [3.8, 4) is 11.8 Å². The summed E-state index contributed by atoms with van der Waals surface area (Å²) in [7, 11) is 1.14. The zero-order valence-electron chi connectivity index (χ0n) is 7.12. The Morgan fingerprint density at radius 3 is 2.71 bits per heavy atom. The minimum atomic E-state index is 0.112. The van der Waals surface area contributed by atoms with Gasteiger partial charge < -0.3 is 9.31 Å². The highest BCUT2D eigenvalue weighted by atomic mass is 16.6. The number of hydrogen-bond donors (Lipinski definition) is 1. The largest absolute Gasteiger partial charge is 0.660 e. The smallest absolute Gasteiger partial charge is 0.526 e. The molecule has 0 unspecified atom stereocenters. The molecule has 0 spiro atoms. The molecule has 14 heavy (non-hydrogen) atoms. The second kappa shape index (κ2) is 4.26. The average molecular weight is 189 g/mol. The summed E-state index contributed by atoms with van der Waals surface area (Å²) in [4.78, 5) is 0. The summed E-state index contributed by atoms with van der Waals surface area (Å²) in [5.74, 6) is 0.677. The van der Waals surface area contributed by atoms with Crippen molar-refractivity contribution in [1.29, 1.82) is 0 Å². The topological polar surface area (TPSA) is 72.9 Å². The number of aromatic amines is 1. The van der Waals surface area contributed by atoms with Gasteiger partial charge in [-0.3, -0.25) is 0 Å². The monoisotopic (exact) mass is 189 g/mol. The number of hydrogen-bond acceptors (Lipinski definition) is 5. The highest BCUT2D eigenvalue weighted by Crippen LogP contribution is 2.07. The SMILES string of the molecule is [B](Oc1ccccc1)Oc1nn[nH]n1. The Morgan fingerprint density at radius 1 is 1.14 bits per heavy atom. The van der Waals surface area contributed by atoms with Crippen molar-refractivity contribution in [3.05, 3.63) is 30.3 Å². The molecule has 0 amide bonds. The van der Waals surface area contributed by atoms with Crippen LogP contribution in [0.4, 0.5) is 0 Å².